The maximum atomic E-state index is 10.2. The second-order valence-electron chi connectivity index (χ2n) is 1.17. The molecule has 0 radical (unpaired) electrons. The third-order valence-corrected chi connectivity index (χ3v) is 0.555. The Morgan fingerprint density at radius 3 is 2.67 bits per heavy atom. The fourth-order valence-corrected chi connectivity index (χ4v) is 0.224. The van der Waals surface area contributed by atoms with Gasteiger partial charge in [-0.2, -0.15) is 0 Å². The highest BCUT2D eigenvalue weighted by Gasteiger charge is 1.91. The average molecular weight is 155 g/mol. The molecule has 0 heterocycles. The monoisotopic (exact) mass is 154 g/mol. The van der Waals surface area contributed by atoms with Crippen LogP contribution < -0.4 is 11.1 Å². The molecule has 0 aliphatic carbocycles. The van der Waals surface area contributed by atoms with Crippen molar-refractivity contribution in [2.45, 2.75) is 0 Å². The molecular formula is C4H11ClN2O2. The van der Waals surface area contributed by atoms with Gasteiger partial charge in [-0.1, -0.05) is 0 Å². The molecule has 5 heteroatoms. The molecule has 56 valence electrons. The van der Waals surface area contributed by atoms with Crippen molar-refractivity contribution >= 4 is 18.5 Å². The highest BCUT2D eigenvalue weighted by atomic mass is 35.5. The van der Waals surface area contributed by atoms with Gasteiger partial charge < -0.3 is 15.8 Å². The summed E-state index contributed by atoms with van der Waals surface area (Å²) in [5, 5.41) is 2.28. The number of hydrogen-bond acceptors (Lipinski definition) is 3. The van der Waals surface area contributed by atoms with Crippen LogP contribution in [0.15, 0.2) is 0 Å². The number of amides is 1. The van der Waals surface area contributed by atoms with Crippen LogP contribution in [0.2, 0.25) is 0 Å². The second kappa shape index (κ2) is 7.52. The molecule has 0 spiro atoms. The number of halogens is 1. The lowest BCUT2D eigenvalue weighted by Crippen LogP contribution is -2.22. The lowest BCUT2D eigenvalue weighted by atomic mass is 10.7. The number of nitrogens with two attached hydrogens (primary N) is 1. The average Bonchev–Trinajstić information content (AvgIpc) is 1.83. The first-order valence-corrected chi connectivity index (χ1v) is 2.36. The van der Waals surface area contributed by atoms with Crippen molar-refractivity contribution < 1.29 is 9.53 Å². The summed E-state index contributed by atoms with van der Waals surface area (Å²) in [6.07, 6.45) is -0.435. The van der Waals surface area contributed by atoms with Gasteiger partial charge in [0.1, 0.15) is 6.61 Å². The van der Waals surface area contributed by atoms with Gasteiger partial charge in [0.05, 0.1) is 0 Å². The van der Waals surface area contributed by atoms with Crippen LogP contribution in [-0.2, 0) is 4.74 Å². The summed E-state index contributed by atoms with van der Waals surface area (Å²) >= 11 is 0. The van der Waals surface area contributed by atoms with Gasteiger partial charge in [-0.3, -0.25) is 0 Å². The summed E-state index contributed by atoms with van der Waals surface area (Å²) in [7, 11) is 1.50. The first-order chi connectivity index (χ1) is 3.81. The Morgan fingerprint density at radius 1 is 1.78 bits per heavy atom. The summed E-state index contributed by atoms with van der Waals surface area (Å²) in [6, 6.07) is 0. The Bertz CT molecular complexity index is 79.0. The molecule has 0 saturated heterocycles. The normalized spacial score (nSPS) is 7.33. The van der Waals surface area contributed by atoms with Crippen molar-refractivity contribution in [1.29, 1.82) is 0 Å². The fraction of sp³-hybridized carbons (Fsp3) is 0.750. The zero-order chi connectivity index (χ0) is 6.41. The minimum Gasteiger partial charge on any atom is -0.448 e. The number of alkyl carbamates (subject to hydrolysis) is 1. The van der Waals surface area contributed by atoms with E-state index in [-0.39, 0.29) is 19.0 Å². The van der Waals surface area contributed by atoms with Gasteiger partial charge in [-0.25, -0.2) is 4.79 Å². The van der Waals surface area contributed by atoms with E-state index in [1.54, 1.807) is 0 Å². The summed E-state index contributed by atoms with van der Waals surface area (Å²) in [5.74, 6) is 0. The lowest BCUT2D eigenvalue weighted by Gasteiger charge is -1.98. The van der Waals surface area contributed by atoms with Gasteiger partial charge in [-0.15, -0.1) is 12.4 Å². The maximum absolute atomic E-state index is 10.2. The van der Waals surface area contributed by atoms with E-state index in [0.29, 0.717) is 6.54 Å². The Morgan fingerprint density at radius 2 is 2.33 bits per heavy atom. The molecule has 4 nitrogen and oxygen atoms in total. The fourth-order valence-electron chi connectivity index (χ4n) is 0.224. The maximum Gasteiger partial charge on any atom is 0.406 e. The van der Waals surface area contributed by atoms with Crippen molar-refractivity contribution in [3.8, 4) is 0 Å². The molecule has 1 amide bonds. The van der Waals surface area contributed by atoms with E-state index in [1.807, 2.05) is 0 Å². The Labute approximate surface area is 60.2 Å². The minimum absolute atomic E-state index is 0. The smallest absolute Gasteiger partial charge is 0.406 e. The van der Waals surface area contributed by atoms with Crippen LogP contribution in [0.4, 0.5) is 4.79 Å². The molecule has 0 aromatic carbocycles. The van der Waals surface area contributed by atoms with Gasteiger partial charge in [0.15, 0.2) is 0 Å². The number of carbonyl (C=O) groups is 1. The zero-order valence-electron chi connectivity index (χ0n) is 5.22. The highest BCUT2D eigenvalue weighted by Crippen LogP contribution is 1.70. The van der Waals surface area contributed by atoms with Crippen LogP contribution in [0.3, 0.4) is 0 Å². The minimum atomic E-state index is -0.435. The SMILES string of the molecule is CNC(=O)OCCN.Cl. The Balaban J connectivity index is 0. The van der Waals surface area contributed by atoms with E-state index in [0.717, 1.165) is 0 Å². The van der Waals surface area contributed by atoms with E-state index in [2.05, 4.69) is 10.1 Å². The topological polar surface area (TPSA) is 64.3 Å². The molecule has 0 aliphatic rings. The van der Waals surface area contributed by atoms with Gasteiger partial charge in [-0.05, 0) is 0 Å². The molecule has 0 aromatic rings. The van der Waals surface area contributed by atoms with Gasteiger partial charge >= 0.3 is 6.09 Å². The summed E-state index contributed by atoms with van der Waals surface area (Å²) in [4.78, 5) is 10.2. The van der Waals surface area contributed by atoms with E-state index < -0.39 is 6.09 Å². The van der Waals surface area contributed by atoms with Crippen LogP contribution in [0.25, 0.3) is 0 Å². The van der Waals surface area contributed by atoms with Gasteiger partial charge in [0.2, 0.25) is 0 Å². The molecule has 0 saturated carbocycles. The van der Waals surface area contributed by atoms with Crippen LogP contribution in [0.1, 0.15) is 0 Å². The predicted molar refractivity (Wildman–Crippen MR) is 36.7 cm³/mol. The molecule has 0 fully saturated rings. The number of hydrogen-bond donors (Lipinski definition) is 2. The van der Waals surface area contributed by atoms with Crippen LogP contribution >= 0.6 is 12.4 Å². The van der Waals surface area contributed by atoms with E-state index >= 15 is 0 Å². The molecule has 3 N–H and O–H groups in total. The third-order valence-electron chi connectivity index (χ3n) is 0.555. The number of ether oxygens (including phenoxy) is 1. The number of carbonyl (C=O) groups excluding carboxylic acids is 1. The molecule has 9 heavy (non-hydrogen) atoms. The molecule has 0 unspecified atom stereocenters. The van der Waals surface area contributed by atoms with E-state index in [9.17, 15) is 4.79 Å². The summed E-state index contributed by atoms with van der Waals surface area (Å²) in [6.45, 7) is 0.646. The van der Waals surface area contributed by atoms with Crippen LogP contribution in [0.5, 0.6) is 0 Å². The van der Waals surface area contributed by atoms with Gasteiger partial charge in [0.25, 0.3) is 0 Å². The van der Waals surface area contributed by atoms with Crippen molar-refractivity contribution in [2.24, 2.45) is 5.73 Å². The Hall–Kier alpha value is -0.480. The Kier molecular flexibility index (Phi) is 9.47. The lowest BCUT2D eigenvalue weighted by molar-refractivity contribution is 0.152. The highest BCUT2D eigenvalue weighted by molar-refractivity contribution is 5.85. The molecular weight excluding hydrogens is 144 g/mol. The first kappa shape index (κ1) is 11.3. The second-order valence-corrected chi connectivity index (χ2v) is 1.17. The molecule has 0 rings (SSSR count). The van der Waals surface area contributed by atoms with Crippen molar-refractivity contribution in [2.75, 3.05) is 20.2 Å². The number of rotatable bonds is 2. The summed E-state index contributed by atoms with van der Waals surface area (Å²) in [5.41, 5.74) is 5.03. The number of nitrogens with one attached hydrogen (secondary N) is 1. The predicted octanol–water partition coefficient (Wildman–Crippen LogP) is -0.277. The largest absolute Gasteiger partial charge is 0.448 e. The standard InChI is InChI=1S/C4H10N2O2.ClH/c1-6-4(7)8-3-2-5;/h2-3,5H2,1H3,(H,6,7);1H. The van der Waals surface area contributed by atoms with E-state index in [4.69, 9.17) is 5.73 Å². The quantitative estimate of drug-likeness (QED) is 0.575. The van der Waals surface area contributed by atoms with Crippen molar-refractivity contribution in [3.05, 3.63) is 0 Å². The first-order valence-electron chi connectivity index (χ1n) is 2.36. The third kappa shape index (κ3) is 7.52. The van der Waals surface area contributed by atoms with Gasteiger partial charge in [0, 0.05) is 13.6 Å². The zero-order valence-corrected chi connectivity index (χ0v) is 6.03. The van der Waals surface area contributed by atoms with Crippen LogP contribution in [0, 0.1) is 0 Å². The summed E-state index contributed by atoms with van der Waals surface area (Å²) < 4.78 is 4.47. The van der Waals surface area contributed by atoms with Crippen molar-refractivity contribution in [1.82, 2.24) is 5.32 Å². The molecule has 0 atom stereocenters. The molecule has 0 aliphatic heterocycles. The molecule has 0 bridgehead atoms. The van der Waals surface area contributed by atoms with Crippen LogP contribution in [-0.4, -0.2) is 26.3 Å². The van der Waals surface area contributed by atoms with E-state index in [1.165, 1.54) is 7.05 Å². The van der Waals surface area contributed by atoms with Crippen molar-refractivity contribution in [3.63, 3.8) is 0 Å². The molecule has 0 aromatic heterocycles.